The molecule has 2 unspecified atom stereocenters. The Morgan fingerprint density at radius 3 is 2.65 bits per heavy atom. The fraction of sp³-hybridized carbons (Fsp3) is 0.543. The topological polar surface area (TPSA) is 126 Å². The fourth-order valence-corrected chi connectivity index (χ4v) is 6.35. The highest BCUT2D eigenvalue weighted by atomic mass is 32.1. The molecule has 3 N–H and O–H groups in total. The molecule has 2 fully saturated rings. The number of amides is 4. The van der Waals surface area contributed by atoms with Gasteiger partial charge in [0.25, 0.3) is 0 Å². The van der Waals surface area contributed by atoms with Crippen LogP contribution < -0.4 is 20.7 Å². The highest BCUT2D eigenvalue weighted by Crippen LogP contribution is 2.25. The van der Waals surface area contributed by atoms with Gasteiger partial charge >= 0.3 is 0 Å². The summed E-state index contributed by atoms with van der Waals surface area (Å²) in [6.45, 7) is 4.04. The van der Waals surface area contributed by atoms with Crippen LogP contribution in [0.1, 0.15) is 61.6 Å². The standard InChI is InChI=1S/C35H46N4O6S/c1-23-9-11-28-20-26(23)21-36-33(41)29(14-10-24-6-3-2-4-7-24)37-34(42)31(38-30(40)16-19-44-27-12-13-27)32(46)35(43)39-17-5-8-25(22-39)15-18-45-28/h2-4,6-7,9,11,20,25,27,29,31-32,46H,5,8,10,12-19,21-22H2,1H3,(H,36,41)(H,37,42)(H,38,40)/t25?,29-,31-,32?/m0/s1. The Balaban J connectivity index is 1.39. The number of piperidine rings is 1. The number of nitrogens with zero attached hydrogens (tertiary/aromatic N) is 1. The van der Waals surface area contributed by atoms with Gasteiger partial charge in [0, 0.05) is 26.1 Å². The molecule has 4 bridgehead atoms. The summed E-state index contributed by atoms with van der Waals surface area (Å²) in [6, 6.07) is 13.4. The minimum absolute atomic E-state index is 0.0527. The van der Waals surface area contributed by atoms with Gasteiger partial charge in [-0.2, -0.15) is 12.6 Å². The molecule has 46 heavy (non-hydrogen) atoms. The van der Waals surface area contributed by atoms with Crippen LogP contribution in [0.25, 0.3) is 0 Å². The van der Waals surface area contributed by atoms with Crippen molar-refractivity contribution in [1.82, 2.24) is 20.9 Å². The summed E-state index contributed by atoms with van der Waals surface area (Å²) in [4.78, 5) is 56.1. The van der Waals surface area contributed by atoms with Crippen LogP contribution >= 0.6 is 12.6 Å². The number of aryl methyl sites for hydroxylation is 2. The third kappa shape index (κ3) is 9.72. The minimum Gasteiger partial charge on any atom is -0.494 e. The Morgan fingerprint density at radius 1 is 1.07 bits per heavy atom. The number of rotatable bonds is 8. The summed E-state index contributed by atoms with van der Waals surface area (Å²) in [5.74, 6) is -0.753. The molecule has 2 aromatic carbocycles. The quantitative estimate of drug-likeness (QED) is 0.326. The van der Waals surface area contributed by atoms with Crippen molar-refractivity contribution in [2.45, 2.75) is 88.3 Å². The molecule has 1 saturated heterocycles. The lowest BCUT2D eigenvalue weighted by atomic mass is 9.94. The number of fused-ring (bicyclic) bond motifs is 4. The number of carbonyl (C=O) groups is 4. The predicted molar refractivity (Wildman–Crippen MR) is 177 cm³/mol. The van der Waals surface area contributed by atoms with E-state index in [4.69, 9.17) is 9.47 Å². The van der Waals surface area contributed by atoms with Crippen molar-refractivity contribution in [2.75, 3.05) is 26.3 Å². The highest BCUT2D eigenvalue weighted by molar-refractivity contribution is 7.82. The van der Waals surface area contributed by atoms with Gasteiger partial charge in [-0.3, -0.25) is 19.2 Å². The van der Waals surface area contributed by atoms with E-state index in [9.17, 15) is 19.2 Å². The molecule has 2 aliphatic heterocycles. The molecule has 0 aromatic heterocycles. The second kappa shape index (κ2) is 16.3. The largest absolute Gasteiger partial charge is 0.494 e. The maximum Gasteiger partial charge on any atom is 0.244 e. The first kappa shape index (κ1) is 33.8. The van der Waals surface area contributed by atoms with E-state index in [0.717, 1.165) is 54.5 Å². The Labute approximate surface area is 276 Å². The van der Waals surface area contributed by atoms with Crippen molar-refractivity contribution < 1.29 is 28.7 Å². The molecular formula is C35H46N4O6S. The van der Waals surface area contributed by atoms with Crippen molar-refractivity contribution in [3.63, 3.8) is 0 Å². The van der Waals surface area contributed by atoms with Crippen molar-refractivity contribution in [1.29, 1.82) is 0 Å². The molecule has 1 saturated carbocycles. The number of hydrogen-bond donors (Lipinski definition) is 4. The van der Waals surface area contributed by atoms with Crippen molar-refractivity contribution >= 4 is 36.3 Å². The molecule has 3 aliphatic rings. The third-order valence-corrected chi connectivity index (χ3v) is 9.49. The van der Waals surface area contributed by atoms with Crippen LogP contribution in [0.4, 0.5) is 0 Å². The molecule has 1 aliphatic carbocycles. The van der Waals surface area contributed by atoms with Gasteiger partial charge in [0.15, 0.2) is 0 Å². The van der Waals surface area contributed by atoms with Crippen LogP contribution in [0.15, 0.2) is 48.5 Å². The van der Waals surface area contributed by atoms with Crippen molar-refractivity contribution in [2.24, 2.45) is 5.92 Å². The molecule has 2 aromatic rings. The van der Waals surface area contributed by atoms with Crippen molar-refractivity contribution in [3.05, 3.63) is 65.2 Å². The van der Waals surface area contributed by atoms with Gasteiger partial charge in [-0.1, -0.05) is 36.4 Å². The second-order valence-corrected chi connectivity index (χ2v) is 13.2. The smallest absolute Gasteiger partial charge is 0.244 e. The Morgan fingerprint density at radius 2 is 1.87 bits per heavy atom. The van der Waals surface area contributed by atoms with Crippen LogP contribution in [-0.2, 0) is 36.9 Å². The third-order valence-electron chi connectivity index (χ3n) is 8.97. The lowest BCUT2D eigenvalue weighted by molar-refractivity contribution is -0.137. The van der Waals surface area contributed by atoms with Gasteiger partial charge in [0.2, 0.25) is 23.6 Å². The van der Waals surface area contributed by atoms with E-state index in [0.29, 0.717) is 32.5 Å². The summed E-state index contributed by atoms with van der Waals surface area (Å²) in [5, 5.41) is 7.47. The van der Waals surface area contributed by atoms with E-state index < -0.39 is 29.1 Å². The van der Waals surface area contributed by atoms with Crippen LogP contribution in [-0.4, -0.2) is 78.3 Å². The first-order valence-electron chi connectivity index (χ1n) is 16.5. The second-order valence-electron chi connectivity index (χ2n) is 12.6. The van der Waals surface area contributed by atoms with Crippen LogP contribution in [0.3, 0.4) is 0 Å². The van der Waals surface area contributed by atoms with Crippen LogP contribution in [0.2, 0.25) is 0 Å². The maximum atomic E-state index is 14.0. The summed E-state index contributed by atoms with van der Waals surface area (Å²) >= 11 is 4.64. The van der Waals surface area contributed by atoms with E-state index in [1.165, 1.54) is 0 Å². The first-order chi connectivity index (χ1) is 22.3. The lowest BCUT2D eigenvalue weighted by Crippen LogP contribution is -2.60. The number of ether oxygens (including phenoxy) is 2. The number of hydrogen-bond acceptors (Lipinski definition) is 7. The summed E-state index contributed by atoms with van der Waals surface area (Å²) < 4.78 is 11.7. The van der Waals surface area contributed by atoms with E-state index in [1.807, 2.05) is 55.5 Å². The maximum absolute atomic E-state index is 14.0. The number of thiol groups is 1. The van der Waals surface area contributed by atoms with E-state index in [-0.39, 0.29) is 43.4 Å². The van der Waals surface area contributed by atoms with Crippen LogP contribution in [0, 0.1) is 12.8 Å². The monoisotopic (exact) mass is 650 g/mol. The Kier molecular flexibility index (Phi) is 12.0. The highest BCUT2D eigenvalue weighted by Gasteiger charge is 2.38. The van der Waals surface area contributed by atoms with Gasteiger partial charge in [-0.25, -0.2) is 0 Å². The van der Waals surface area contributed by atoms with Crippen molar-refractivity contribution in [3.8, 4) is 5.75 Å². The molecular weight excluding hydrogens is 604 g/mol. The predicted octanol–water partition coefficient (Wildman–Crippen LogP) is 3.10. The molecule has 0 spiro atoms. The average Bonchev–Trinajstić information content (AvgIpc) is 3.89. The number of benzene rings is 2. The minimum atomic E-state index is -1.28. The Hall–Kier alpha value is -3.57. The molecule has 0 radical (unpaired) electrons. The molecule has 248 valence electrons. The van der Waals surface area contributed by atoms with Crippen LogP contribution in [0.5, 0.6) is 5.75 Å². The van der Waals surface area contributed by atoms with E-state index in [2.05, 4.69) is 28.6 Å². The normalized spacial score (nSPS) is 24.6. The Bertz CT molecular complexity index is 1370. The first-order valence-corrected chi connectivity index (χ1v) is 17.0. The molecule has 11 heteroatoms. The van der Waals surface area contributed by atoms with Gasteiger partial charge in [0.05, 0.1) is 19.3 Å². The van der Waals surface area contributed by atoms with Gasteiger partial charge < -0.3 is 30.3 Å². The van der Waals surface area contributed by atoms with Gasteiger partial charge in [0.1, 0.15) is 23.1 Å². The molecule has 5 rings (SSSR count). The molecule has 4 amide bonds. The summed E-state index contributed by atoms with van der Waals surface area (Å²) in [7, 11) is 0. The SMILES string of the molecule is Cc1ccc2cc1CNC(=O)[C@H](CCc1ccccc1)NC(=O)[C@@H](NC(=O)CCOC1CC1)C(S)C(=O)N1CCCC(CCO2)C1. The zero-order chi connectivity index (χ0) is 32.5. The summed E-state index contributed by atoms with van der Waals surface area (Å²) in [6.07, 6.45) is 5.64. The van der Waals surface area contributed by atoms with E-state index in [1.54, 1.807) is 4.90 Å². The molecule has 4 atom stereocenters. The fourth-order valence-electron chi connectivity index (χ4n) is 5.98. The molecule has 10 nitrogen and oxygen atoms in total. The van der Waals surface area contributed by atoms with Gasteiger partial charge in [-0.15, -0.1) is 0 Å². The molecule has 2 heterocycles. The van der Waals surface area contributed by atoms with E-state index >= 15 is 0 Å². The van der Waals surface area contributed by atoms with Gasteiger partial charge in [-0.05, 0) is 86.6 Å². The zero-order valence-electron chi connectivity index (χ0n) is 26.5. The number of carbonyl (C=O) groups excluding carboxylic acids is 4. The number of nitrogens with one attached hydrogen (secondary N) is 3. The average molecular weight is 651 g/mol. The lowest BCUT2D eigenvalue weighted by Gasteiger charge is -2.36. The zero-order valence-corrected chi connectivity index (χ0v) is 27.4. The summed E-state index contributed by atoms with van der Waals surface area (Å²) in [5.41, 5.74) is 2.95.